The van der Waals surface area contributed by atoms with Gasteiger partial charge in [0, 0.05) is 6.54 Å². The van der Waals surface area contributed by atoms with Crippen LogP contribution >= 0.6 is 0 Å². The molecule has 0 amide bonds. The Morgan fingerprint density at radius 1 is 1.62 bits per heavy atom. The van der Waals surface area contributed by atoms with Crippen LogP contribution in [0.15, 0.2) is 0 Å². The number of ether oxygens (including phenoxy) is 1. The fourth-order valence-corrected chi connectivity index (χ4v) is 2.28. The molecular weight excluding hydrogens is 166 g/mol. The summed E-state index contributed by atoms with van der Waals surface area (Å²) in [6.45, 7) is 2.78. The topological polar surface area (TPSA) is 52.3 Å². The van der Waals surface area contributed by atoms with Crippen molar-refractivity contribution in [2.45, 2.75) is 26.2 Å². The molecule has 2 fully saturated rings. The Morgan fingerprint density at radius 2 is 2.31 bits per heavy atom. The Morgan fingerprint density at radius 3 is 2.77 bits per heavy atom. The van der Waals surface area contributed by atoms with Crippen molar-refractivity contribution >= 4 is 5.97 Å². The van der Waals surface area contributed by atoms with Gasteiger partial charge in [-0.1, -0.05) is 0 Å². The molecule has 2 aliphatic rings. The molecule has 0 aromatic rings. The van der Waals surface area contributed by atoms with Crippen LogP contribution in [-0.4, -0.2) is 19.1 Å². The van der Waals surface area contributed by atoms with Gasteiger partial charge in [0.1, 0.15) is 0 Å². The monoisotopic (exact) mass is 183 g/mol. The Kier molecular flexibility index (Phi) is 2.06. The van der Waals surface area contributed by atoms with Crippen molar-refractivity contribution in [3.8, 4) is 0 Å². The van der Waals surface area contributed by atoms with E-state index in [4.69, 9.17) is 10.5 Å². The van der Waals surface area contributed by atoms with Gasteiger partial charge in [0.15, 0.2) is 0 Å². The Bertz CT molecular complexity index is 225. The quantitative estimate of drug-likeness (QED) is 0.659. The molecule has 0 unspecified atom stereocenters. The summed E-state index contributed by atoms with van der Waals surface area (Å²) < 4.78 is 5.05. The van der Waals surface area contributed by atoms with Crippen molar-refractivity contribution in [3.63, 3.8) is 0 Å². The second-order valence-electron chi connectivity index (χ2n) is 4.23. The maximum Gasteiger partial charge on any atom is 0.313 e. The molecule has 0 aromatic carbocycles. The lowest BCUT2D eigenvalue weighted by Gasteiger charge is -2.12. The van der Waals surface area contributed by atoms with Crippen molar-refractivity contribution < 1.29 is 9.53 Å². The maximum atomic E-state index is 11.6. The summed E-state index contributed by atoms with van der Waals surface area (Å²) in [7, 11) is 0. The van der Waals surface area contributed by atoms with Gasteiger partial charge in [-0.25, -0.2) is 0 Å². The van der Waals surface area contributed by atoms with Crippen molar-refractivity contribution in [3.05, 3.63) is 0 Å². The minimum atomic E-state index is -0.281. The summed E-state index contributed by atoms with van der Waals surface area (Å²) in [5.41, 5.74) is 5.37. The first kappa shape index (κ1) is 9.00. The average Bonchev–Trinajstić information content (AvgIpc) is 2.99. The van der Waals surface area contributed by atoms with Crippen LogP contribution in [0.5, 0.6) is 0 Å². The number of carbonyl (C=O) groups is 1. The van der Waals surface area contributed by atoms with Crippen LogP contribution in [-0.2, 0) is 9.53 Å². The summed E-state index contributed by atoms with van der Waals surface area (Å²) in [6.07, 6.45) is 3.53. The average molecular weight is 183 g/mol. The van der Waals surface area contributed by atoms with Gasteiger partial charge in [0.2, 0.25) is 0 Å². The highest BCUT2D eigenvalue weighted by Crippen LogP contribution is 2.62. The van der Waals surface area contributed by atoms with Gasteiger partial charge in [0.05, 0.1) is 12.0 Å². The van der Waals surface area contributed by atoms with E-state index in [0.29, 0.717) is 19.1 Å². The van der Waals surface area contributed by atoms with Gasteiger partial charge in [-0.2, -0.15) is 0 Å². The molecule has 0 heterocycles. The van der Waals surface area contributed by atoms with Gasteiger partial charge in [0.25, 0.3) is 0 Å². The van der Waals surface area contributed by atoms with E-state index >= 15 is 0 Å². The summed E-state index contributed by atoms with van der Waals surface area (Å²) in [5.74, 6) is 1.25. The number of hydrogen-bond donors (Lipinski definition) is 1. The van der Waals surface area contributed by atoms with E-state index in [0.717, 1.165) is 12.3 Å². The number of hydrogen-bond acceptors (Lipinski definition) is 3. The van der Waals surface area contributed by atoms with E-state index in [1.165, 1.54) is 12.8 Å². The lowest BCUT2D eigenvalue weighted by molar-refractivity contribution is -0.150. The third kappa shape index (κ3) is 1.35. The number of nitrogens with two attached hydrogens (primary N) is 1. The molecule has 2 aliphatic carbocycles. The van der Waals surface area contributed by atoms with Crippen molar-refractivity contribution in [2.24, 2.45) is 23.0 Å². The molecule has 74 valence electrons. The number of rotatable bonds is 4. The molecule has 0 spiro atoms. The van der Waals surface area contributed by atoms with Gasteiger partial charge in [-0.05, 0) is 38.0 Å². The SMILES string of the molecule is CCOC(=O)[C@]1(CN)C[C@H]1C1CC1. The predicted molar refractivity (Wildman–Crippen MR) is 49.0 cm³/mol. The van der Waals surface area contributed by atoms with E-state index in [1.54, 1.807) is 0 Å². The maximum absolute atomic E-state index is 11.6. The second kappa shape index (κ2) is 2.98. The van der Waals surface area contributed by atoms with E-state index in [-0.39, 0.29) is 11.4 Å². The normalized spacial score (nSPS) is 37.2. The minimum Gasteiger partial charge on any atom is -0.466 e. The molecule has 2 rings (SSSR count). The van der Waals surface area contributed by atoms with Crippen LogP contribution in [0.2, 0.25) is 0 Å². The molecule has 3 heteroatoms. The summed E-state index contributed by atoms with van der Waals surface area (Å²) in [4.78, 5) is 11.6. The molecule has 0 bridgehead atoms. The summed E-state index contributed by atoms with van der Waals surface area (Å²) in [6, 6.07) is 0. The zero-order chi connectivity index (χ0) is 9.47. The van der Waals surface area contributed by atoms with E-state index < -0.39 is 0 Å². The highest BCUT2D eigenvalue weighted by molar-refractivity contribution is 5.81. The standard InChI is InChI=1S/C10H17NO2/c1-2-13-9(12)10(6-11)5-8(10)7-3-4-7/h7-8H,2-6,11H2,1H3/t8-,10-/m0/s1. The molecule has 0 aromatic heterocycles. The van der Waals surface area contributed by atoms with E-state index in [1.807, 2.05) is 6.92 Å². The van der Waals surface area contributed by atoms with Crippen LogP contribution in [0.3, 0.4) is 0 Å². The lowest BCUT2D eigenvalue weighted by Crippen LogP contribution is -2.29. The Labute approximate surface area is 78.6 Å². The molecule has 3 nitrogen and oxygen atoms in total. The molecule has 0 radical (unpaired) electrons. The van der Waals surface area contributed by atoms with Crippen molar-refractivity contribution in [2.75, 3.05) is 13.2 Å². The van der Waals surface area contributed by atoms with Crippen LogP contribution in [0.1, 0.15) is 26.2 Å². The highest BCUT2D eigenvalue weighted by atomic mass is 16.5. The Balaban J connectivity index is 1.97. The van der Waals surface area contributed by atoms with Crippen molar-refractivity contribution in [1.82, 2.24) is 0 Å². The largest absolute Gasteiger partial charge is 0.466 e. The third-order valence-corrected chi connectivity index (χ3v) is 3.37. The highest BCUT2D eigenvalue weighted by Gasteiger charge is 2.64. The molecule has 0 aliphatic heterocycles. The molecular formula is C10H17NO2. The fraction of sp³-hybridized carbons (Fsp3) is 0.900. The van der Waals surface area contributed by atoms with Crippen LogP contribution in [0.25, 0.3) is 0 Å². The zero-order valence-electron chi connectivity index (χ0n) is 8.08. The first-order valence-electron chi connectivity index (χ1n) is 5.12. The van der Waals surface area contributed by atoms with Crippen LogP contribution < -0.4 is 5.73 Å². The fourth-order valence-electron chi connectivity index (χ4n) is 2.28. The zero-order valence-corrected chi connectivity index (χ0v) is 8.08. The molecule has 2 saturated carbocycles. The van der Waals surface area contributed by atoms with Crippen LogP contribution in [0.4, 0.5) is 0 Å². The van der Waals surface area contributed by atoms with Gasteiger partial charge >= 0.3 is 5.97 Å². The van der Waals surface area contributed by atoms with Gasteiger partial charge < -0.3 is 10.5 Å². The van der Waals surface area contributed by atoms with Crippen LogP contribution in [0, 0.1) is 17.3 Å². The lowest BCUT2D eigenvalue weighted by atomic mass is 10.0. The summed E-state index contributed by atoms with van der Waals surface area (Å²) >= 11 is 0. The molecule has 2 N–H and O–H groups in total. The number of carbonyl (C=O) groups excluding carboxylic acids is 1. The Hall–Kier alpha value is -0.570. The van der Waals surface area contributed by atoms with E-state index in [9.17, 15) is 4.79 Å². The first-order chi connectivity index (χ1) is 6.24. The third-order valence-electron chi connectivity index (χ3n) is 3.37. The van der Waals surface area contributed by atoms with E-state index in [2.05, 4.69) is 0 Å². The second-order valence-corrected chi connectivity index (χ2v) is 4.23. The van der Waals surface area contributed by atoms with Gasteiger partial charge in [-0.15, -0.1) is 0 Å². The molecule has 0 saturated heterocycles. The minimum absolute atomic E-state index is 0.0607. The first-order valence-corrected chi connectivity index (χ1v) is 5.12. The summed E-state index contributed by atoms with van der Waals surface area (Å²) in [5, 5.41) is 0. The number of esters is 1. The molecule has 13 heavy (non-hydrogen) atoms. The predicted octanol–water partition coefficient (Wildman–Crippen LogP) is 0.924. The van der Waals surface area contributed by atoms with Crippen molar-refractivity contribution in [1.29, 1.82) is 0 Å². The molecule has 2 atom stereocenters. The smallest absolute Gasteiger partial charge is 0.313 e. The van der Waals surface area contributed by atoms with Gasteiger partial charge in [-0.3, -0.25) is 4.79 Å².